The van der Waals surface area contributed by atoms with Crippen molar-refractivity contribution < 1.29 is 44.0 Å². The summed E-state index contributed by atoms with van der Waals surface area (Å²) < 4.78 is 19.3. The van der Waals surface area contributed by atoms with Crippen molar-refractivity contribution in [3.05, 3.63) is 0 Å². The summed E-state index contributed by atoms with van der Waals surface area (Å²) in [4.78, 5) is 17.2. The van der Waals surface area contributed by atoms with Gasteiger partial charge in [0.25, 0.3) is 0 Å². The van der Waals surface area contributed by atoms with Crippen LogP contribution >= 0.6 is 7.82 Å². The van der Waals surface area contributed by atoms with Crippen molar-refractivity contribution >= 4 is 7.82 Å². The van der Waals surface area contributed by atoms with Crippen molar-refractivity contribution in [2.45, 2.75) is 37.6 Å². The molecule has 0 fully saturated rings. The van der Waals surface area contributed by atoms with E-state index in [1.165, 1.54) is 6.92 Å². The summed E-state index contributed by atoms with van der Waals surface area (Å²) in [6.45, 7) is 1.21. The van der Waals surface area contributed by atoms with Gasteiger partial charge in [-0.3, -0.25) is 4.52 Å². The highest BCUT2D eigenvalue weighted by molar-refractivity contribution is 7.46. The lowest BCUT2D eigenvalue weighted by molar-refractivity contribution is -0.192. The molecule has 5 unspecified atom stereocenters. The summed E-state index contributed by atoms with van der Waals surface area (Å²) in [7, 11) is -3.97. The number of hydrogen-bond acceptors (Lipinski definition) is 8. The maximum absolute atomic E-state index is 10.7. The van der Waals surface area contributed by atoms with Crippen LogP contribution in [-0.2, 0) is 13.8 Å². The Morgan fingerprint density at radius 3 is 1.95 bits per heavy atom. The molecule has 0 heterocycles. The molecular weight excluding hydrogens is 297 g/mol. The minimum absolute atomic E-state index is 0.173. The Morgan fingerprint density at radius 2 is 1.60 bits per heavy atom. The molecule has 122 valence electrons. The third kappa shape index (κ3) is 6.10. The van der Waals surface area contributed by atoms with Gasteiger partial charge >= 0.3 is 7.82 Å². The summed E-state index contributed by atoms with van der Waals surface area (Å²) in [6, 6.07) is 0. The maximum atomic E-state index is 10.7. The molecule has 0 amide bonds. The molecule has 0 aromatic carbocycles. The molecule has 0 saturated carbocycles. The lowest BCUT2D eigenvalue weighted by Crippen LogP contribution is -2.50. The average molecular weight is 319 g/mol. The zero-order valence-corrected chi connectivity index (χ0v) is 12.0. The Bertz CT molecular complexity index is 325. The first-order valence-electron chi connectivity index (χ1n) is 5.74. The van der Waals surface area contributed by atoms with E-state index in [1.54, 1.807) is 0 Å². The molecule has 20 heavy (non-hydrogen) atoms. The second kappa shape index (κ2) is 8.35. The summed E-state index contributed by atoms with van der Waals surface area (Å²) in [5.74, 6) is -0.891. The number of hydrogen-bond donors (Lipinski definition) is 7. The number of aliphatic hydroxyl groups is 4. The molecule has 0 rings (SSSR count). The molecule has 0 spiro atoms. The van der Waals surface area contributed by atoms with Gasteiger partial charge in [0.2, 0.25) is 0 Å². The quantitative estimate of drug-likeness (QED) is 0.172. The van der Waals surface area contributed by atoms with Crippen LogP contribution in [0.25, 0.3) is 0 Å². The number of phosphoric acid groups is 1. The van der Waals surface area contributed by atoms with Crippen LogP contribution in [0.2, 0.25) is 0 Å². The SMILES string of the molecule is COC(OP(=O)(O)O)C(O)C(O)C(O)C(C)[C@H](O)CN. The van der Waals surface area contributed by atoms with E-state index in [0.717, 1.165) is 7.11 Å². The van der Waals surface area contributed by atoms with Gasteiger partial charge in [0.1, 0.15) is 12.2 Å². The van der Waals surface area contributed by atoms with E-state index >= 15 is 0 Å². The van der Waals surface area contributed by atoms with Crippen LogP contribution in [0.1, 0.15) is 6.92 Å². The average Bonchev–Trinajstić information content (AvgIpc) is 2.39. The van der Waals surface area contributed by atoms with E-state index in [4.69, 9.17) is 15.5 Å². The molecule has 0 saturated heterocycles. The highest BCUT2D eigenvalue weighted by atomic mass is 31.2. The van der Waals surface area contributed by atoms with Crippen LogP contribution < -0.4 is 5.73 Å². The second-order valence-corrected chi connectivity index (χ2v) is 5.53. The first kappa shape index (κ1) is 19.9. The smallest absolute Gasteiger partial charge is 0.391 e. The van der Waals surface area contributed by atoms with Gasteiger partial charge in [-0.1, -0.05) is 6.92 Å². The molecule has 0 aliphatic carbocycles. The van der Waals surface area contributed by atoms with Crippen LogP contribution in [-0.4, -0.2) is 74.6 Å². The van der Waals surface area contributed by atoms with Gasteiger partial charge < -0.3 is 40.7 Å². The van der Waals surface area contributed by atoms with Crippen molar-refractivity contribution in [1.82, 2.24) is 0 Å². The number of aliphatic hydroxyl groups excluding tert-OH is 4. The van der Waals surface area contributed by atoms with Crippen LogP contribution in [0.5, 0.6) is 0 Å². The molecule has 0 radical (unpaired) electrons. The van der Waals surface area contributed by atoms with Crippen molar-refractivity contribution in [3.8, 4) is 0 Å². The fourth-order valence-corrected chi connectivity index (χ4v) is 1.98. The lowest BCUT2D eigenvalue weighted by atomic mass is 9.91. The monoisotopic (exact) mass is 319 g/mol. The van der Waals surface area contributed by atoms with Crippen molar-refractivity contribution in [1.29, 1.82) is 0 Å². The Hall–Kier alpha value is -0.130. The zero-order chi connectivity index (χ0) is 16.1. The summed E-state index contributed by atoms with van der Waals surface area (Å²) in [6.07, 6.45) is -8.42. The van der Waals surface area contributed by atoms with E-state index < -0.39 is 44.4 Å². The third-order valence-corrected chi connectivity index (χ3v) is 3.32. The zero-order valence-electron chi connectivity index (χ0n) is 11.1. The first-order valence-corrected chi connectivity index (χ1v) is 7.27. The van der Waals surface area contributed by atoms with Crippen molar-refractivity contribution in [2.24, 2.45) is 11.7 Å². The molecular formula is C9H22NO9P. The summed E-state index contributed by atoms with van der Waals surface area (Å²) in [5, 5.41) is 38.6. The summed E-state index contributed by atoms with van der Waals surface area (Å²) >= 11 is 0. The minimum atomic E-state index is -4.96. The normalized spacial score (nSPS) is 21.9. The molecule has 0 aromatic heterocycles. The van der Waals surface area contributed by atoms with Crippen LogP contribution in [0.15, 0.2) is 0 Å². The maximum Gasteiger partial charge on any atom is 0.472 e. The highest BCUT2D eigenvalue weighted by Gasteiger charge is 2.39. The third-order valence-electron chi connectivity index (χ3n) is 2.84. The van der Waals surface area contributed by atoms with Gasteiger partial charge in [-0.05, 0) is 0 Å². The highest BCUT2D eigenvalue weighted by Crippen LogP contribution is 2.38. The molecule has 0 aromatic rings. The van der Waals surface area contributed by atoms with Crippen LogP contribution in [0.3, 0.4) is 0 Å². The first-order chi connectivity index (χ1) is 9.05. The lowest BCUT2D eigenvalue weighted by Gasteiger charge is -2.32. The van der Waals surface area contributed by atoms with Gasteiger partial charge in [0, 0.05) is 19.6 Å². The molecule has 11 heteroatoms. The van der Waals surface area contributed by atoms with Crippen molar-refractivity contribution in [3.63, 3.8) is 0 Å². The topological polar surface area (TPSA) is 183 Å². The largest absolute Gasteiger partial charge is 0.472 e. The van der Waals surface area contributed by atoms with E-state index in [2.05, 4.69) is 9.26 Å². The molecule has 0 aliphatic heterocycles. The van der Waals surface area contributed by atoms with Gasteiger partial charge in [-0.25, -0.2) is 4.57 Å². The number of phosphoric ester groups is 1. The fraction of sp³-hybridized carbons (Fsp3) is 1.00. The fourth-order valence-electron chi connectivity index (χ4n) is 1.50. The summed E-state index contributed by atoms with van der Waals surface area (Å²) in [5.41, 5.74) is 5.20. The van der Waals surface area contributed by atoms with Gasteiger partial charge in [0.15, 0.2) is 6.29 Å². The van der Waals surface area contributed by atoms with Crippen molar-refractivity contribution in [2.75, 3.05) is 13.7 Å². The molecule has 10 nitrogen and oxygen atoms in total. The Balaban J connectivity index is 4.80. The molecule has 0 aliphatic rings. The number of nitrogens with two attached hydrogens (primary N) is 1. The Kier molecular flexibility index (Phi) is 8.29. The number of methoxy groups -OCH3 is 1. The molecule has 6 atom stereocenters. The van der Waals surface area contributed by atoms with E-state index in [-0.39, 0.29) is 6.54 Å². The van der Waals surface area contributed by atoms with Gasteiger partial charge in [-0.15, -0.1) is 0 Å². The number of ether oxygens (including phenoxy) is 1. The van der Waals surface area contributed by atoms with E-state index in [1.807, 2.05) is 0 Å². The predicted octanol–water partition coefficient (Wildman–Crippen LogP) is -2.89. The van der Waals surface area contributed by atoms with E-state index in [9.17, 15) is 25.0 Å². The molecule has 0 bridgehead atoms. The van der Waals surface area contributed by atoms with Crippen LogP contribution in [0.4, 0.5) is 0 Å². The minimum Gasteiger partial charge on any atom is -0.391 e. The predicted molar refractivity (Wildman–Crippen MR) is 66.2 cm³/mol. The van der Waals surface area contributed by atoms with Gasteiger partial charge in [0.05, 0.1) is 12.2 Å². The number of rotatable bonds is 9. The Morgan fingerprint density at radius 1 is 1.10 bits per heavy atom. The Labute approximate surface area is 116 Å². The van der Waals surface area contributed by atoms with Crippen LogP contribution in [0, 0.1) is 5.92 Å². The van der Waals surface area contributed by atoms with E-state index in [0.29, 0.717) is 0 Å². The second-order valence-electron chi connectivity index (χ2n) is 4.33. The standard InChI is InChI=1S/C9H22NO9P/c1-4(5(11)3-10)6(12)7(13)8(14)9(18-2)19-20(15,16)17/h4-9,11-14H,3,10H2,1-2H3,(H2,15,16,17)/t4?,5-,6?,7?,8?,9?/m1/s1. The molecule has 8 N–H and O–H groups in total. The van der Waals surface area contributed by atoms with Gasteiger partial charge in [-0.2, -0.15) is 0 Å².